The number of ether oxygens (including phenoxy) is 1. The fraction of sp³-hybridized carbons (Fsp3) is 0.600. The summed E-state index contributed by atoms with van der Waals surface area (Å²) in [5, 5.41) is 22.5. The minimum atomic E-state index is -1.41. The number of aliphatic hydroxyl groups is 1. The highest BCUT2D eigenvalue weighted by molar-refractivity contribution is 5.87. The average molecular weight is 685 g/mol. The standard InChI is InChI=1S/C40H64N2O7/c1-3-5-7-9-11-13-15-16-17-18-19-21-23-25-29-35(49-39(46)32-26-24-22-20-14-12-10-8-6-4-2)30-27-28-31-37(44)41-33-38(45)42-36(34-43)40(47)48/h5,7-8,10-11,13,16-17,19,21,25,29,35-36,43H,3-4,6,9,12,14-15,18,20,22-24,26-28,30-34H2,1-2H3,(H,41,44)(H,42,45)(H,47,48)/b7-5-,10-8-,13-11-,17-16-,21-19-,29-25-. The molecule has 49 heavy (non-hydrogen) atoms. The zero-order valence-corrected chi connectivity index (χ0v) is 30.2. The number of unbranched alkanes of at least 4 members (excludes halogenated alkanes) is 7. The van der Waals surface area contributed by atoms with Gasteiger partial charge in [-0.15, -0.1) is 0 Å². The lowest BCUT2D eigenvalue weighted by molar-refractivity contribution is -0.147. The number of aliphatic carboxylic acids is 1. The minimum absolute atomic E-state index is 0.177. The van der Waals surface area contributed by atoms with Crippen molar-refractivity contribution >= 4 is 23.8 Å². The lowest BCUT2D eigenvalue weighted by atomic mass is 10.1. The van der Waals surface area contributed by atoms with E-state index in [1.807, 2.05) is 12.2 Å². The van der Waals surface area contributed by atoms with Gasteiger partial charge < -0.3 is 25.6 Å². The lowest BCUT2D eigenvalue weighted by Crippen LogP contribution is -2.47. The first-order chi connectivity index (χ1) is 23.8. The summed E-state index contributed by atoms with van der Waals surface area (Å²) in [4.78, 5) is 47.5. The summed E-state index contributed by atoms with van der Waals surface area (Å²) in [5.41, 5.74) is 0. The summed E-state index contributed by atoms with van der Waals surface area (Å²) in [5.74, 6) is -2.60. The summed E-state index contributed by atoms with van der Waals surface area (Å²) in [7, 11) is 0. The van der Waals surface area contributed by atoms with Crippen molar-refractivity contribution in [1.82, 2.24) is 10.6 Å². The predicted octanol–water partition coefficient (Wildman–Crippen LogP) is 7.97. The molecule has 0 aromatic carbocycles. The number of carboxylic acid groups (broad SMARTS) is 1. The van der Waals surface area contributed by atoms with Crippen LogP contribution in [0.1, 0.15) is 129 Å². The number of carboxylic acids is 1. The molecule has 0 saturated carbocycles. The fourth-order valence-electron chi connectivity index (χ4n) is 4.60. The van der Waals surface area contributed by atoms with E-state index < -0.39 is 24.5 Å². The smallest absolute Gasteiger partial charge is 0.328 e. The van der Waals surface area contributed by atoms with Crippen LogP contribution in [0.25, 0.3) is 0 Å². The van der Waals surface area contributed by atoms with Crippen LogP contribution in [0, 0.1) is 0 Å². The van der Waals surface area contributed by atoms with Gasteiger partial charge in [0.25, 0.3) is 0 Å². The number of amides is 2. The minimum Gasteiger partial charge on any atom is -0.480 e. The first kappa shape index (κ1) is 45.3. The Morgan fingerprint density at radius 2 is 1.22 bits per heavy atom. The molecule has 0 fully saturated rings. The summed E-state index contributed by atoms with van der Waals surface area (Å²) in [6.07, 6.45) is 40.8. The molecule has 9 nitrogen and oxygen atoms in total. The van der Waals surface area contributed by atoms with Gasteiger partial charge in [0.15, 0.2) is 0 Å². The number of carbonyl (C=O) groups excluding carboxylic acids is 3. The molecule has 0 heterocycles. The molecule has 276 valence electrons. The third kappa shape index (κ3) is 31.3. The maximum atomic E-state index is 12.6. The van der Waals surface area contributed by atoms with Crippen LogP contribution in [0.2, 0.25) is 0 Å². The molecule has 0 aliphatic carbocycles. The zero-order valence-electron chi connectivity index (χ0n) is 30.2. The second-order valence-electron chi connectivity index (χ2n) is 11.9. The normalized spacial score (nSPS) is 13.4. The van der Waals surface area contributed by atoms with Crippen LogP contribution in [0.5, 0.6) is 0 Å². The van der Waals surface area contributed by atoms with Crippen LogP contribution in [0.3, 0.4) is 0 Å². The fourth-order valence-corrected chi connectivity index (χ4v) is 4.60. The maximum absolute atomic E-state index is 12.6. The molecular formula is C40H64N2O7. The first-order valence-corrected chi connectivity index (χ1v) is 18.3. The Balaban J connectivity index is 4.65. The second-order valence-corrected chi connectivity index (χ2v) is 11.9. The van der Waals surface area contributed by atoms with Gasteiger partial charge in [-0.1, -0.05) is 106 Å². The van der Waals surface area contributed by atoms with Crippen LogP contribution >= 0.6 is 0 Å². The Morgan fingerprint density at radius 1 is 0.653 bits per heavy atom. The molecule has 0 bridgehead atoms. The monoisotopic (exact) mass is 684 g/mol. The van der Waals surface area contributed by atoms with E-state index in [0.29, 0.717) is 25.7 Å². The summed E-state index contributed by atoms with van der Waals surface area (Å²) in [6.45, 7) is 3.19. The van der Waals surface area contributed by atoms with Crippen molar-refractivity contribution in [2.75, 3.05) is 13.2 Å². The molecule has 0 spiro atoms. The van der Waals surface area contributed by atoms with Gasteiger partial charge in [0.05, 0.1) is 13.2 Å². The average Bonchev–Trinajstić information content (AvgIpc) is 3.08. The second kappa shape index (κ2) is 34.2. The van der Waals surface area contributed by atoms with Crippen molar-refractivity contribution in [2.24, 2.45) is 0 Å². The number of rotatable bonds is 31. The third-order valence-corrected chi connectivity index (χ3v) is 7.40. The third-order valence-electron chi connectivity index (χ3n) is 7.40. The predicted molar refractivity (Wildman–Crippen MR) is 199 cm³/mol. The summed E-state index contributed by atoms with van der Waals surface area (Å²) in [6, 6.07) is -1.41. The lowest BCUT2D eigenvalue weighted by Gasteiger charge is -2.15. The van der Waals surface area contributed by atoms with E-state index in [-0.39, 0.29) is 30.9 Å². The number of hydrogen-bond acceptors (Lipinski definition) is 6. The zero-order chi connectivity index (χ0) is 36.2. The number of esters is 1. The number of nitrogens with one attached hydrogen (secondary N) is 2. The van der Waals surface area contributed by atoms with Crippen LogP contribution in [-0.2, 0) is 23.9 Å². The van der Waals surface area contributed by atoms with Gasteiger partial charge in [-0.05, 0) is 83.1 Å². The van der Waals surface area contributed by atoms with Crippen LogP contribution in [-0.4, -0.2) is 59.3 Å². The van der Waals surface area contributed by atoms with Gasteiger partial charge in [-0.2, -0.15) is 0 Å². The van der Waals surface area contributed by atoms with Crippen LogP contribution < -0.4 is 10.6 Å². The van der Waals surface area contributed by atoms with Crippen molar-refractivity contribution in [3.05, 3.63) is 72.9 Å². The molecular weight excluding hydrogens is 620 g/mol. The Bertz CT molecular complexity index is 1060. The molecule has 2 atom stereocenters. The van der Waals surface area contributed by atoms with E-state index in [2.05, 4.69) is 85.2 Å². The van der Waals surface area contributed by atoms with Gasteiger partial charge in [-0.25, -0.2) is 4.79 Å². The molecule has 2 unspecified atom stereocenters. The molecule has 0 aliphatic heterocycles. The Hall–Kier alpha value is -3.72. The molecule has 0 aromatic heterocycles. The van der Waals surface area contributed by atoms with Crippen molar-refractivity contribution in [3.63, 3.8) is 0 Å². The highest BCUT2D eigenvalue weighted by atomic mass is 16.5. The van der Waals surface area contributed by atoms with Crippen molar-refractivity contribution < 1.29 is 34.1 Å². The van der Waals surface area contributed by atoms with E-state index >= 15 is 0 Å². The molecule has 0 radical (unpaired) electrons. The number of carbonyl (C=O) groups is 4. The van der Waals surface area contributed by atoms with Crippen molar-refractivity contribution in [1.29, 1.82) is 0 Å². The molecule has 0 saturated heterocycles. The maximum Gasteiger partial charge on any atom is 0.328 e. The number of allylic oxidation sites excluding steroid dienone is 11. The van der Waals surface area contributed by atoms with Crippen LogP contribution in [0.15, 0.2) is 72.9 Å². The SMILES string of the molecule is CC/C=C\C/C=C\C/C=C\C/C=C\C/C=C\C(CCCCC(=O)NCC(=O)NC(CO)C(=O)O)OC(=O)CCCCCCC/C=C\CCC. The van der Waals surface area contributed by atoms with Gasteiger partial charge >= 0.3 is 11.9 Å². The van der Waals surface area contributed by atoms with Gasteiger partial charge in [0, 0.05) is 12.8 Å². The number of aliphatic hydroxyl groups excluding tert-OH is 1. The van der Waals surface area contributed by atoms with Crippen molar-refractivity contribution in [3.8, 4) is 0 Å². The quantitative estimate of drug-likeness (QED) is 0.0330. The van der Waals surface area contributed by atoms with E-state index in [4.69, 9.17) is 14.9 Å². The van der Waals surface area contributed by atoms with Gasteiger partial charge in [0.2, 0.25) is 11.8 Å². The highest BCUT2D eigenvalue weighted by Gasteiger charge is 2.19. The molecule has 0 rings (SSSR count). The van der Waals surface area contributed by atoms with Crippen molar-refractivity contribution in [2.45, 2.75) is 142 Å². The Morgan fingerprint density at radius 3 is 1.84 bits per heavy atom. The Labute approximate surface area is 295 Å². The molecule has 0 aromatic rings. The van der Waals surface area contributed by atoms with E-state index in [1.54, 1.807) is 0 Å². The topological polar surface area (TPSA) is 142 Å². The molecule has 9 heteroatoms. The number of hydrogen-bond donors (Lipinski definition) is 4. The largest absolute Gasteiger partial charge is 0.480 e. The molecule has 2 amide bonds. The van der Waals surface area contributed by atoms with E-state index in [0.717, 1.165) is 70.6 Å². The molecule has 4 N–H and O–H groups in total. The van der Waals surface area contributed by atoms with E-state index in [1.165, 1.54) is 12.8 Å². The van der Waals surface area contributed by atoms with Gasteiger partial charge in [0.1, 0.15) is 12.1 Å². The first-order valence-electron chi connectivity index (χ1n) is 18.3. The Kier molecular flexibility index (Phi) is 31.6. The van der Waals surface area contributed by atoms with Gasteiger partial charge in [-0.3, -0.25) is 14.4 Å². The highest BCUT2D eigenvalue weighted by Crippen LogP contribution is 2.13. The summed E-state index contributed by atoms with van der Waals surface area (Å²) >= 11 is 0. The van der Waals surface area contributed by atoms with Crippen LogP contribution in [0.4, 0.5) is 0 Å². The summed E-state index contributed by atoms with van der Waals surface area (Å²) < 4.78 is 5.80. The van der Waals surface area contributed by atoms with E-state index in [9.17, 15) is 19.2 Å². The molecule has 0 aliphatic rings.